The van der Waals surface area contributed by atoms with Gasteiger partial charge in [-0.2, -0.15) is 0 Å². The standard InChI is InChI=1S/C22H39BN2O6/c1-20(2)21(3,4)31-23(30-20)11-8-17-9-14-25(19(28)29)22(16-17,18(26)27)10-15-24-12-6-5-7-13-24/h17H,5-16H2,1-4H3,(H,26,27)(H,28,29). The maximum Gasteiger partial charge on any atom is 0.457 e. The van der Waals surface area contributed by atoms with Crippen LogP contribution in [0.25, 0.3) is 0 Å². The van der Waals surface area contributed by atoms with E-state index in [4.69, 9.17) is 9.31 Å². The number of hydrogen-bond donors (Lipinski definition) is 2. The summed E-state index contributed by atoms with van der Waals surface area (Å²) < 4.78 is 12.2. The third kappa shape index (κ3) is 5.20. The fourth-order valence-corrected chi connectivity index (χ4v) is 5.27. The molecule has 3 fully saturated rings. The van der Waals surface area contributed by atoms with Gasteiger partial charge in [-0.3, -0.25) is 4.90 Å². The van der Waals surface area contributed by atoms with Gasteiger partial charge in [0.15, 0.2) is 0 Å². The van der Waals surface area contributed by atoms with Crippen molar-refractivity contribution in [2.45, 2.75) is 95.7 Å². The molecular weight excluding hydrogens is 399 g/mol. The van der Waals surface area contributed by atoms with E-state index in [1.165, 1.54) is 11.3 Å². The highest BCUT2D eigenvalue weighted by Gasteiger charge is 2.53. The van der Waals surface area contributed by atoms with Crippen molar-refractivity contribution in [3.05, 3.63) is 0 Å². The number of piperidine rings is 2. The van der Waals surface area contributed by atoms with Gasteiger partial charge in [0.1, 0.15) is 5.54 Å². The molecule has 0 aromatic carbocycles. The van der Waals surface area contributed by atoms with Gasteiger partial charge in [-0.1, -0.05) is 12.8 Å². The summed E-state index contributed by atoms with van der Waals surface area (Å²) in [5.41, 5.74) is -2.13. The Balaban J connectivity index is 1.66. The molecule has 0 bridgehead atoms. The quantitative estimate of drug-likeness (QED) is 0.587. The van der Waals surface area contributed by atoms with Gasteiger partial charge in [-0.05, 0) is 85.1 Å². The zero-order chi connectivity index (χ0) is 22.9. The van der Waals surface area contributed by atoms with Crippen molar-refractivity contribution in [3.63, 3.8) is 0 Å². The fraction of sp³-hybridized carbons (Fsp3) is 0.909. The molecule has 9 heteroatoms. The Bertz CT molecular complexity index is 650. The van der Waals surface area contributed by atoms with Crippen molar-refractivity contribution < 1.29 is 29.1 Å². The highest BCUT2D eigenvalue weighted by atomic mass is 16.7. The third-order valence-electron chi connectivity index (χ3n) is 7.94. The Morgan fingerprint density at radius 1 is 1.00 bits per heavy atom. The van der Waals surface area contributed by atoms with Gasteiger partial charge >= 0.3 is 19.2 Å². The first kappa shape index (κ1) is 24.3. The first-order valence-corrected chi connectivity index (χ1v) is 11.8. The van der Waals surface area contributed by atoms with Crippen LogP contribution in [0, 0.1) is 5.92 Å². The minimum absolute atomic E-state index is 0.132. The van der Waals surface area contributed by atoms with E-state index in [0.717, 1.165) is 32.4 Å². The number of amides is 1. The van der Waals surface area contributed by atoms with Crippen molar-refractivity contribution in [1.82, 2.24) is 9.80 Å². The zero-order valence-corrected chi connectivity index (χ0v) is 19.6. The van der Waals surface area contributed by atoms with Crippen LogP contribution >= 0.6 is 0 Å². The first-order valence-electron chi connectivity index (χ1n) is 11.8. The van der Waals surface area contributed by atoms with E-state index >= 15 is 0 Å². The molecule has 176 valence electrons. The monoisotopic (exact) mass is 438 g/mol. The van der Waals surface area contributed by atoms with Gasteiger partial charge in [-0.15, -0.1) is 0 Å². The number of nitrogens with zero attached hydrogens (tertiary/aromatic N) is 2. The number of rotatable bonds is 7. The number of hydrogen-bond acceptors (Lipinski definition) is 5. The summed E-state index contributed by atoms with van der Waals surface area (Å²) in [4.78, 5) is 27.9. The van der Waals surface area contributed by atoms with Crippen LogP contribution < -0.4 is 0 Å². The lowest BCUT2D eigenvalue weighted by molar-refractivity contribution is -0.155. The normalized spacial score (nSPS) is 31.0. The maximum absolute atomic E-state index is 12.5. The van der Waals surface area contributed by atoms with E-state index in [1.807, 2.05) is 27.7 Å². The van der Waals surface area contributed by atoms with Crippen molar-refractivity contribution in [3.8, 4) is 0 Å². The van der Waals surface area contributed by atoms with Crippen LogP contribution in [0.2, 0.25) is 6.32 Å². The summed E-state index contributed by atoms with van der Waals surface area (Å²) in [5.74, 6) is -0.890. The van der Waals surface area contributed by atoms with Gasteiger partial charge in [0.2, 0.25) is 0 Å². The molecule has 3 heterocycles. The topological polar surface area (TPSA) is 99.5 Å². The molecule has 1 amide bonds. The van der Waals surface area contributed by atoms with Crippen molar-refractivity contribution in [2.24, 2.45) is 5.92 Å². The Morgan fingerprint density at radius 3 is 2.16 bits per heavy atom. The predicted octanol–water partition coefficient (Wildman–Crippen LogP) is 3.56. The van der Waals surface area contributed by atoms with Gasteiger partial charge in [-0.25, -0.2) is 9.59 Å². The molecule has 3 rings (SSSR count). The number of likely N-dealkylation sites (tertiary alicyclic amines) is 2. The van der Waals surface area contributed by atoms with Gasteiger partial charge < -0.3 is 24.4 Å². The molecule has 0 spiro atoms. The van der Waals surface area contributed by atoms with E-state index in [0.29, 0.717) is 32.1 Å². The van der Waals surface area contributed by atoms with Crippen LogP contribution in [0.1, 0.15) is 72.6 Å². The molecule has 0 radical (unpaired) electrons. The van der Waals surface area contributed by atoms with E-state index in [9.17, 15) is 19.8 Å². The van der Waals surface area contributed by atoms with Crippen molar-refractivity contribution in [1.29, 1.82) is 0 Å². The summed E-state index contributed by atoms with van der Waals surface area (Å²) in [5, 5.41) is 20.0. The van der Waals surface area contributed by atoms with Gasteiger partial charge in [0.25, 0.3) is 0 Å². The Hall–Kier alpha value is -1.32. The van der Waals surface area contributed by atoms with Crippen molar-refractivity contribution in [2.75, 3.05) is 26.2 Å². The van der Waals surface area contributed by atoms with E-state index in [1.54, 1.807) is 0 Å². The molecule has 2 atom stereocenters. The second-order valence-corrected chi connectivity index (χ2v) is 10.5. The molecular formula is C22H39BN2O6. The lowest BCUT2D eigenvalue weighted by atomic mass is 9.72. The number of carboxylic acid groups (broad SMARTS) is 2. The molecule has 2 unspecified atom stereocenters. The second kappa shape index (κ2) is 9.28. The zero-order valence-electron chi connectivity index (χ0n) is 19.6. The average Bonchev–Trinajstić information content (AvgIpc) is 2.91. The molecule has 0 aromatic rings. The van der Waals surface area contributed by atoms with Crippen LogP contribution in [-0.4, -0.2) is 82.1 Å². The van der Waals surface area contributed by atoms with Gasteiger partial charge in [0, 0.05) is 13.1 Å². The van der Waals surface area contributed by atoms with Crippen LogP contribution in [0.4, 0.5) is 4.79 Å². The SMILES string of the molecule is CC1(C)OB(CCC2CCN(C(=O)O)C(CCN3CCCCC3)(C(=O)O)C2)OC1(C)C. The minimum atomic E-state index is -1.36. The molecule has 2 N–H and O–H groups in total. The number of carboxylic acids is 1. The highest BCUT2D eigenvalue weighted by molar-refractivity contribution is 6.45. The maximum atomic E-state index is 12.5. The van der Waals surface area contributed by atoms with E-state index in [2.05, 4.69) is 4.90 Å². The Labute approximate surface area is 186 Å². The predicted molar refractivity (Wildman–Crippen MR) is 118 cm³/mol. The van der Waals surface area contributed by atoms with Crippen LogP contribution in [0.3, 0.4) is 0 Å². The number of aliphatic carboxylic acids is 1. The second-order valence-electron chi connectivity index (χ2n) is 10.5. The van der Waals surface area contributed by atoms with Crippen LogP contribution in [0.15, 0.2) is 0 Å². The number of carbonyl (C=O) groups is 2. The summed E-state index contributed by atoms with van der Waals surface area (Å²) >= 11 is 0. The van der Waals surface area contributed by atoms with Gasteiger partial charge in [0.05, 0.1) is 11.2 Å². The third-order valence-corrected chi connectivity index (χ3v) is 7.94. The summed E-state index contributed by atoms with van der Waals surface area (Å²) in [7, 11) is -0.310. The molecule has 3 saturated heterocycles. The van der Waals surface area contributed by atoms with Crippen LogP contribution in [-0.2, 0) is 14.1 Å². The lowest BCUT2D eigenvalue weighted by Gasteiger charge is -2.46. The molecule has 8 nitrogen and oxygen atoms in total. The minimum Gasteiger partial charge on any atom is -0.479 e. The first-order chi connectivity index (χ1) is 14.5. The van der Waals surface area contributed by atoms with E-state index in [-0.39, 0.29) is 30.8 Å². The highest BCUT2D eigenvalue weighted by Crippen LogP contribution is 2.41. The van der Waals surface area contributed by atoms with Crippen LogP contribution in [0.5, 0.6) is 0 Å². The average molecular weight is 438 g/mol. The molecule has 31 heavy (non-hydrogen) atoms. The fourth-order valence-electron chi connectivity index (χ4n) is 5.27. The smallest absolute Gasteiger partial charge is 0.457 e. The largest absolute Gasteiger partial charge is 0.479 e. The molecule has 3 aliphatic heterocycles. The molecule has 0 aromatic heterocycles. The summed E-state index contributed by atoms with van der Waals surface area (Å²) in [6.07, 6.45) is 5.14. The van der Waals surface area contributed by atoms with Crippen molar-refractivity contribution >= 4 is 19.2 Å². The summed E-state index contributed by atoms with van der Waals surface area (Å²) in [6.45, 7) is 10.9. The molecule has 0 aliphatic carbocycles. The Morgan fingerprint density at radius 2 is 1.61 bits per heavy atom. The lowest BCUT2D eigenvalue weighted by Crippen LogP contribution is -2.61. The summed E-state index contributed by atoms with van der Waals surface area (Å²) in [6, 6.07) is 0. The molecule has 0 saturated carbocycles. The Kier molecular flexibility index (Phi) is 7.28. The van der Waals surface area contributed by atoms with E-state index < -0.39 is 17.6 Å². The molecule has 3 aliphatic rings.